The van der Waals surface area contributed by atoms with E-state index in [1.165, 1.54) is 6.92 Å². The second kappa shape index (κ2) is 7.76. The molecule has 0 spiro atoms. The number of nitrogens with two attached hydrogens (primary N) is 2. The molecule has 94 valence electrons. The highest BCUT2D eigenvalue weighted by molar-refractivity contribution is 7.85. The van der Waals surface area contributed by atoms with Crippen molar-refractivity contribution in [3.05, 3.63) is 11.8 Å². The Hall–Kier alpha value is -1.49. The van der Waals surface area contributed by atoms with E-state index in [1.807, 2.05) is 5.32 Å². The lowest BCUT2D eigenvalue weighted by Crippen LogP contribution is -2.21. The number of carbonyl (C=O) groups excluding carboxylic acids is 2. The molecule has 16 heavy (non-hydrogen) atoms. The fraction of sp³-hybridized carbons (Fsp3) is 0.333. The molecule has 7 N–H and O–H groups in total. The van der Waals surface area contributed by atoms with E-state index in [-0.39, 0.29) is 5.75 Å². The summed E-state index contributed by atoms with van der Waals surface area (Å²) in [4.78, 5) is 20.2. The smallest absolute Gasteiger partial charge is 0.293 e. The number of imide groups is 1. The van der Waals surface area contributed by atoms with E-state index in [9.17, 15) is 18.0 Å². The van der Waals surface area contributed by atoms with Crippen molar-refractivity contribution < 1.29 is 27.7 Å². The Morgan fingerprint density at radius 3 is 1.81 bits per heavy atom. The third-order valence-corrected chi connectivity index (χ3v) is 1.83. The lowest BCUT2D eigenvalue weighted by atomic mass is 10.5. The summed E-state index contributed by atoms with van der Waals surface area (Å²) in [7, 11) is -3.66. The Morgan fingerprint density at radius 1 is 1.38 bits per heavy atom. The van der Waals surface area contributed by atoms with Gasteiger partial charge in [0.05, 0.1) is 11.8 Å². The van der Waals surface area contributed by atoms with E-state index in [2.05, 4.69) is 11.7 Å². The summed E-state index contributed by atoms with van der Waals surface area (Å²) in [6.07, 6.45) is 0.836. The number of rotatable bonds is 1. The van der Waals surface area contributed by atoms with E-state index in [1.54, 1.807) is 0 Å². The molecule has 0 fully saturated rings. The minimum Gasteiger partial charge on any atom is -0.503 e. The van der Waals surface area contributed by atoms with Gasteiger partial charge < -0.3 is 5.11 Å². The monoisotopic (exact) mass is 255 g/mol. The fourth-order valence-corrected chi connectivity index (χ4v) is 0.402. The van der Waals surface area contributed by atoms with Gasteiger partial charge in [-0.2, -0.15) is 8.42 Å². The van der Waals surface area contributed by atoms with E-state index >= 15 is 0 Å². The number of aliphatic hydroxyl groups is 1. The highest BCUT2D eigenvalue weighted by atomic mass is 32.2. The van der Waals surface area contributed by atoms with E-state index in [0.717, 1.165) is 6.08 Å². The summed E-state index contributed by atoms with van der Waals surface area (Å²) < 4.78 is 26.9. The molecular weight excluding hydrogens is 242 g/mol. The summed E-state index contributed by atoms with van der Waals surface area (Å²) in [5.41, 5.74) is 0. The fourth-order valence-electron chi connectivity index (χ4n) is 0.402. The van der Waals surface area contributed by atoms with Crippen molar-refractivity contribution in [1.82, 2.24) is 5.32 Å². The zero-order chi connectivity index (χ0) is 13.4. The predicted molar refractivity (Wildman–Crippen MR) is 54.3 cm³/mol. The maximum Gasteiger partial charge on any atom is 0.293 e. The molecule has 10 heteroatoms. The number of hydrogen-bond donors (Lipinski definition) is 5. The predicted octanol–water partition coefficient (Wildman–Crippen LogP) is -2.20. The molecule has 2 amide bonds. The van der Waals surface area contributed by atoms with Crippen LogP contribution in [-0.2, 0) is 19.7 Å². The molecule has 0 unspecified atom stereocenters. The number of nitrogens with one attached hydrogen (secondary N) is 1. The van der Waals surface area contributed by atoms with Gasteiger partial charge in [0, 0.05) is 0 Å². The van der Waals surface area contributed by atoms with Gasteiger partial charge >= 0.3 is 0 Å². The van der Waals surface area contributed by atoms with Crippen molar-refractivity contribution in [2.75, 3.05) is 5.75 Å². The number of carbonyl (C=O) groups is 2. The first-order valence-corrected chi connectivity index (χ1v) is 5.41. The Kier molecular flexibility index (Phi) is 8.20. The molecule has 1 aliphatic heterocycles. The standard InChI is InChI=1S/C4H3NO3.C2H6O3S.H4N2/c6-2-1-3(7)5-4(2)8;1-2-6(3,4)5;1-2/h1H,(H2,5,6,7,8);2H2,1H3,(H,3,4,5);1-2H2. The molecule has 1 heterocycles. The molecule has 1 aliphatic rings. The summed E-state index contributed by atoms with van der Waals surface area (Å²) in [6, 6.07) is 0. The molecule has 0 aliphatic carbocycles. The molecule has 0 saturated heterocycles. The molecule has 0 bridgehead atoms. The second-order valence-corrected chi connectivity index (χ2v) is 3.96. The maximum atomic E-state index is 10.1. The normalized spacial score (nSPS) is 13.9. The molecule has 1 rings (SSSR count). The van der Waals surface area contributed by atoms with E-state index in [0.29, 0.717) is 0 Å². The zero-order valence-electron chi connectivity index (χ0n) is 8.37. The van der Waals surface area contributed by atoms with Crippen LogP contribution in [-0.4, -0.2) is 35.6 Å². The second-order valence-electron chi connectivity index (χ2n) is 2.22. The number of amides is 2. The van der Waals surface area contributed by atoms with Crippen LogP contribution >= 0.6 is 0 Å². The maximum absolute atomic E-state index is 10.1. The average Bonchev–Trinajstić information content (AvgIpc) is 2.47. The number of hydrogen-bond acceptors (Lipinski definition) is 7. The van der Waals surface area contributed by atoms with Crippen LogP contribution in [0, 0.1) is 0 Å². The summed E-state index contributed by atoms with van der Waals surface area (Å²) in [5, 5.41) is 10.2. The van der Waals surface area contributed by atoms with Crippen LogP contribution < -0.4 is 17.0 Å². The Bertz CT molecular complexity index is 374. The third kappa shape index (κ3) is 9.08. The average molecular weight is 255 g/mol. The van der Waals surface area contributed by atoms with Gasteiger partial charge in [0.1, 0.15) is 0 Å². The van der Waals surface area contributed by atoms with Gasteiger partial charge in [0.25, 0.3) is 21.9 Å². The first kappa shape index (κ1) is 16.9. The quantitative estimate of drug-likeness (QED) is 0.152. The third-order valence-electron chi connectivity index (χ3n) is 1.10. The largest absolute Gasteiger partial charge is 0.503 e. The molecule has 0 saturated carbocycles. The lowest BCUT2D eigenvalue weighted by Gasteiger charge is -1.83. The van der Waals surface area contributed by atoms with Gasteiger partial charge in [0.2, 0.25) is 0 Å². The topological polar surface area (TPSA) is 173 Å². The Balaban J connectivity index is 0. The Labute approximate surface area is 91.8 Å². The molecule has 0 aromatic heterocycles. The van der Waals surface area contributed by atoms with Crippen molar-refractivity contribution in [3.63, 3.8) is 0 Å². The van der Waals surface area contributed by atoms with E-state index in [4.69, 9.17) is 9.66 Å². The highest BCUT2D eigenvalue weighted by Crippen LogP contribution is 1.94. The first-order chi connectivity index (χ1) is 7.26. The van der Waals surface area contributed by atoms with Gasteiger partial charge in [-0.1, -0.05) is 0 Å². The van der Waals surface area contributed by atoms with Crippen LogP contribution in [0.15, 0.2) is 11.8 Å². The number of aliphatic hydroxyl groups excluding tert-OH is 1. The molecule has 0 atom stereocenters. The summed E-state index contributed by atoms with van der Waals surface area (Å²) >= 11 is 0. The molecule has 9 nitrogen and oxygen atoms in total. The van der Waals surface area contributed by atoms with Gasteiger partial charge in [-0.3, -0.25) is 31.1 Å². The minimum atomic E-state index is -3.66. The van der Waals surface area contributed by atoms with Gasteiger partial charge in [-0.05, 0) is 6.92 Å². The van der Waals surface area contributed by atoms with Crippen LogP contribution in [0.4, 0.5) is 0 Å². The zero-order valence-corrected chi connectivity index (χ0v) is 9.19. The van der Waals surface area contributed by atoms with Crippen molar-refractivity contribution in [3.8, 4) is 0 Å². The Morgan fingerprint density at radius 2 is 1.75 bits per heavy atom. The molecule has 0 radical (unpaired) electrons. The van der Waals surface area contributed by atoms with Crippen molar-refractivity contribution in [2.45, 2.75) is 6.92 Å². The van der Waals surface area contributed by atoms with Gasteiger partial charge in [-0.15, -0.1) is 0 Å². The van der Waals surface area contributed by atoms with Crippen molar-refractivity contribution in [2.24, 2.45) is 11.7 Å². The minimum absolute atomic E-state index is 0.201. The van der Waals surface area contributed by atoms with Crippen LogP contribution in [0.1, 0.15) is 6.92 Å². The van der Waals surface area contributed by atoms with Crippen molar-refractivity contribution in [1.29, 1.82) is 0 Å². The van der Waals surface area contributed by atoms with Crippen LogP contribution in [0.2, 0.25) is 0 Å². The number of hydrazine groups is 1. The molecule has 0 aromatic carbocycles. The highest BCUT2D eigenvalue weighted by Gasteiger charge is 2.18. The first-order valence-electron chi connectivity index (χ1n) is 3.80. The van der Waals surface area contributed by atoms with Crippen LogP contribution in [0.25, 0.3) is 0 Å². The van der Waals surface area contributed by atoms with E-state index < -0.39 is 27.7 Å². The van der Waals surface area contributed by atoms with Crippen LogP contribution in [0.3, 0.4) is 0 Å². The van der Waals surface area contributed by atoms with Crippen molar-refractivity contribution >= 4 is 21.9 Å². The van der Waals surface area contributed by atoms with Crippen LogP contribution in [0.5, 0.6) is 0 Å². The lowest BCUT2D eigenvalue weighted by molar-refractivity contribution is -0.124. The summed E-state index contributed by atoms with van der Waals surface area (Å²) in [6.45, 7) is 1.37. The molecular formula is C6H13N3O6S. The summed E-state index contributed by atoms with van der Waals surface area (Å²) in [5.74, 6) is 5.99. The van der Waals surface area contributed by atoms with Gasteiger partial charge in [0.15, 0.2) is 5.76 Å². The molecule has 0 aromatic rings. The SMILES string of the molecule is CCS(=O)(=O)O.NN.O=C1C=C(O)C(=O)N1. The van der Waals surface area contributed by atoms with Gasteiger partial charge in [-0.25, -0.2) is 0 Å².